The van der Waals surface area contributed by atoms with Gasteiger partial charge in [-0.1, -0.05) is 55.8 Å². The number of benzene rings is 1. The van der Waals surface area contributed by atoms with Gasteiger partial charge in [0.25, 0.3) is 0 Å². The molecule has 0 N–H and O–H groups in total. The minimum absolute atomic E-state index is 0.311. The Morgan fingerprint density at radius 3 is 2.56 bits per heavy atom. The van der Waals surface area contributed by atoms with Gasteiger partial charge in [0.15, 0.2) is 0 Å². The molecule has 0 aromatic heterocycles. The highest BCUT2D eigenvalue weighted by Crippen LogP contribution is 2.30. The standard InChI is InChI=1S/C15H20O/c1-11-9-12(2)15(16-10-11)13(3)14-7-5-4-6-8-14/h4-9,12-13,15H,10H2,1-3H3. The second-order valence-corrected chi connectivity index (χ2v) is 4.85. The van der Waals surface area contributed by atoms with Crippen molar-refractivity contribution >= 4 is 0 Å². The van der Waals surface area contributed by atoms with Crippen molar-refractivity contribution in [2.24, 2.45) is 5.92 Å². The van der Waals surface area contributed by atoms with Crippen molar-refractivity contribution in [1.29, 1.82) is 0 Å². The summed E-state index contributed by atoms with van der Waals surface area (Å²) >= 11 is 0. The van der Waals surface area contributed by atoms with Gasteiger partial charge in [0.05, 0.1) is 12.7 Å². The SMILES string of the molecule is CC1=CC(C)C(C(C)c2ccccc2)OC1. The molecular formula is C15H20O. The van der Waals surface area contributed by atoms with Gasteiger partial charge in [-0.05, 0) is 12.5 Å². The van der Waals surface area contributed by atoms with E-state index in [9.17, 15) is 0 Å². The normalized spacial score (nSPS) is 27.3. The zero-order valence-electron chi connectivity index (χ0n) is 10.3. The van der Waals surface area contributed by atoms with E-state index in [0.717, 1.165) is 6.61 Å². The van der Waals surface area contributed by atoms with Crippen LogP contribution >= 0.6 is 0 Å². The van der Waals surface area contributed by atoms with Crippen LogP contribution in [0.4, 0.5) is 0 Å². The molecule has 1 heterocycles. The van der Waals surface area contributed by atoms with Crippen molar-refractivity contribution in [3.8, 4) is 0 Å². The van der Waals surface area contributed by atoms with Gasteiger partial charge in [-0.15, -0.1) is 0 Å². The topological polar surface area (TPSA) is 9.23 Å². The van der Waals surface area contributed by atoms with Gasteiger partial charge in [-0.3, -0.25) is 0 Å². The zero-order chi connectivity index (χ0) is 11.5. The predicted molar refractivity (Wildman–Crippen MR) is 67.5 cm³/mol. The van der Waals surface area contributed by atoms with Gasteiger partial charge < -0.3 is 4.74 Å². The van der Waals surface area contributed by atoms with Gasteiger partial charge >= 0.3 is 0 Å². The lowest BCUT2D eigenvalue weighted by Crippen LogP contribution is -2.30. The van der Waals surface area contributed by atoms with E-state index in [-0.39, 0.29) is 0 Å². The van der Waals surface area contributed by atoms with Crippen LogP contribution in [-0.4, -0.2) is 12.7 Å². The molecule has 0 spiro atoms. The summed E-state index contributed by atoms with van der Waals surface area (Å²) in [6, 6.07) is 10.6. The highest BCUT2D eigenvalue weighted by molar-refractivity contribution is 5.21. The summed E-state index contributed by atoms with van der Waals surface area (Å²) in [6.07, 6.45) is 2.65. The second-order valence-electron chi connectivity index (χ2n) is 4.85. The van der Waals surface area contributed by atoms with E-state index in [1.54, 1.807) is 0 Å². The molecule has 0 bridgehead atoms. The Balaban J connectivity index is 2.14. The molecule has 16 heavy (non-hydrogen) atoms. The van der Waals surface area contributed by atoms with Crippen LogP contribution in [0.2, 0.25) is 0 Å². The molecule has 0 amide bonds. The van der Waals surface area contributed by atoms with Crippen LogP contribution in [0.3, 0.4) is 0 Å². The Bertz CT molecular complexity index is 366. The summed E-state index contributed by atoms with van der Waals surface area (Å²) in [5.41, 5.74) is 2.72. The molecule has 0 saturated carbocycles. The van der Waals surface area contributed by atoms with Crippen LogP contribution in [-0.2, 0) is 4.74 Å². The van der Waals surface area contributed by atoms with E-state index in [2.05, 4.69) is 57.2 Å². The summed E-state index contributed by atoms with van der Waals surface area (Å²) in [5.74, 6) is 0.963. The third-order valence-corrected chi connectivity index (χ3v) is 3.39. The van der Waals surface area contributed by atoms with Crippen LogP contribution in [0.1, 0.15) is 32.3 Å². The Hall–Kier alpha value is -1.08. The van der Waals surface area contributed by atoms with Crippen LogP contribution in [0.5, 0.6) is 0 Å². The van der Waals surface area contributed by atoms with E-state index in [4.69, 9.17) is 4.74 Å². The van der Waals surface area contributed by atoms with Crippen LogP contribution in [0, 0.1) is 5.92 Å². The minimum Gasteiger partial charge on any atom is -0.373 e. The third-order valence-electron chi connectivity index (χ3n) is 3.39. The summed E-state index contributed by atoms with van der Waals surface area (Å²) in [5, 5.41) is 0. The molecule has 3 atom stereocenters. The maximum atomic E-state index is 5.95. The highest BCUT2D eigenvalue weighted by atomic mass is 16.5. The van der Waals surface area contributed by atoms with E-state index < -0.39 is 0 Å². The molecule has 0 radical (unpaired) electrons. The Morgan fingerprint density at radius 2 is 1.94 bits per heavy atom. The quantitative estimate of drug-likeness (QED) is 0.684. The molecule has 3 unspecified atom stereocenters. The lowest BCUT2D eigenvalue weighted by molar-refractivity contribution is 0.0171. The molecule has 86 valence electrons. The Morgan fingerprint density at radius 1 is 1.25 bits per heavy atom. The fraction of sp³-hybridized carbons (Fsp3) is 0.467. The number of ether oxygens (including phenoxy) is 1. The molecular weight excluding hydrogens is 196 g/mol. The van der Waals surface area contributed by atoms with Gasteiger partial charge in [0.2, 0.25) is 0 Å². The average Bonchev–Trinajstić information content (AvgIpc) is 2.29. The van der Waals surface area contributed by atoms with Crippen molar-refractivity contribution in [2.75, 3.05) is 6.61 Å². The average molecular weight is 216 g/mol. The predicted octanol–water partition coefficient (Wildman–Crippen LogP) is 3.77. The van der Waals surface area contributed by atoms with Gasteiger partial charge in [-0.2, -0.15) is 0 Å². The molecule has 0 fully saturated rings. The maximum absolute atomic E-state index is 5.95. The fourth-order valence-corrected chi connectivity index (χ4v) is 2.52. The first-order valence-corrected chi connectivity index (χ1v) is 6.02. The van der Waals surface area contributed by atoms with Crippen molar-refractivity contribution in [1.82, 2.24) is 0 Å². The molecule has 0 saturated heterocycles. The smallest absolute Gasteiger partial charge is 0.0705 e. The number of hydrogen-bond acceptors (Lipinski definition) is 1. The van der Waals surface area contributed by atoms with Crippen LogP contribution in [0.15, 0.2) is 42.0 Å². The second kappa shape index (κ2) is 4.84. The fourth-order valence-electron chi connectivity index (χ4n) is 2.52. The largest absolute Gasteiger partial charge is 0.373 e. The van der Waals surface area contributed by atoms with Gasteiger partial charge in [0, 0.05) is 11.8 Å². The number of hydrogen-bond donors (Lipinski definition) is 0. The van der Waals surface area contributed by atoms with Crippen LogP contribution in [0.25, 0.3) is 0 Å². The van der Waals surface area contributed by atoms with E-state index >= 15 is 0 Å². The molecule has 1 aromatic rings. The van der Waals surface area contributed by atoms with E-state index in [1.165, 1.54) is 11.1 Å². The molecule has 1 aliphatic rings. The molecule has 1 aliphatic heterocycles. The van der Waals surface area contributed by atoms with E-state index in [0.29, 0.717) is 17.9 Å². The molecule has 1 aromatic carbocycles. The van der Waals surface area contributed by atoms with Gasteiger partial charge in [0.1, 0.15) is 0 Å². The van der Waals surface area contributed by atoms with Crippen molar-refractivity contribution < 1.29 is 4.74 Å². The Kier molecular flexibility index (Phi) is 3.45. The molecule has 2 rings (SSSR count). The van der Waals surface area contributed by atoms with Gasteiger partial charge in [-0.25, -0.2) is 0 Å². The lowest BCUT2D eigenvalue weighted by Gasteiger charge is -2.32. The first kappa shape index (κ1) is 11.4. The monoisotopic (exact) mass is 216 g/mol. The number of rotatable bonds is 2. The zero-order valence-corrected chi connectivity index (χ0v) is 10.3. The first-order valence-electron chi connectivity index (χ1n) is 6.02. The maximum Gasteiger partial charge on any atom is 0.0705 e. The van der Waals surface area contributed by atoms with E-state index in [1.807, 2.05) is 0 Å². The molecule has 0 aliphatic carbocycles. The summed E-state index contributed by atoms with van der Waals surface area (Å²) in [4.78, 5) is 0. The van der Waals surface area contributed by atoms with Crippen LogP contribution < -0.4 is 0 Å². The summed E-state index contributed by atoms with van der Waals surface area (Å²) < 4.78 is 5.95. The Labute approximate surface area is 98.1 Å². The third kappa shape index (κ3) is 2.35. The summed E-state index contributed by atoms with van der Waals surface area (Å²) in [6.45, 7) is 7.42. The van der Waals surface area contributed by atoms with Crippen molar-refractivity contribution in [2.45, 2.75) is 32.8 Å². The summed E-state index contributed by atoms with van der Waals surface area (Å²) in [7, 11) is 0. The lowest BCUT2D eigenvalue weighted by atomic mass is 9.86. The minimum atomic E-state index is 0.311. The van der Waals surface area contributed by atoms with Crippen molar-refractivity contribution in [3.63, 3.8) is 0 Å². The first-order chi connectivity index (χ1) is 7.68. The highest BCUT2D eigenvalue weighted by Gasteiger charge is 2.27. The molecule has 1 nitrogen and oxygen atoms in total. The molecule has 1 heteroatoms. The van der Waals surface area contributed by atoms with Crippen molar-refractivity contribution in [3.05, 3.63) is 47.5 Å².